The van der Waals surface area contributed by atoms with Gasteiger partial charge in [0.05, 0.1) is 40.4 Å². The molecule has 4 rings (SSSR count). The molecular weight excluding hydrogens is 414 g/mol. The first-order chi connectivity index (χ1) is 13.9. The molecule has 0 unspecified atom stereocenters. The minimum atomic E-state index is -0.552. The van der Waals surface area contributed by atoms with Gasteiger partial charge in [0.2, 0.25) is 5.91 Å². The summed E-state index contributed by atoms with van der Waals surface area (Å²) in [6.07, 6.45) is 6.63. The van der Waals surface area contributed by atoms with Gasteiger partial charge in [-0.1, -0.05) is 0 Å². The number of aryl methyl sites for hydroxylation is 2. The monoisotopic (exact) mass is 429 g/mol. The number of rotatable bonds is 5. The van der Waals surface area contributed by atoms with E-state index in [4.69, 9.17) is 17.3 Å². The fraction of sp³-hybridized carbons (Fsp3) is 0.167. The van der Waals surface area contributed by atoms with E-state index in [0.29, 0.717) is 16.1 Å². The molecule has 0 aliphatic heterocycles. The maximum Gasteiger partial charge on any atom is 0.253 e. The fourth-order valence-corrected chi connectivity index (χ4v) is 4.28. The van der Waals surface area contributed by atoms with Gasteiger partial charge in [-0.15, -0.1) is 22.9 Å². The number of nitrogens with two attached hydrogens (primary N) is 1. The van der Waals surface area contributed by atoms with Crippen molar-refractivity contribution in [1.82, 2.24) is 24.4 Å². The third kappa shape index (κ3) is 3.36. The molecule has 0 saturated heterocycles. The first-order valence-electron chi connectivity index (χ1n) is 8.51. The van der Waals surface area contributed by atoms with Crippen LogP contribution in [0.4, 0.5) is 5.69 Å². The van der Waals surface area contributed by atoms with Crippen LogP contribution in [0.5, 0.6) is 0 Å². The Bertz CT molecular complexity index is 1260. The van der Waals surface area contributed by atoms with Crippen molar-refractivity contribution in [3.05, 3.63) is 42.1 Å². The first kappa shape index (κ1) is 19.1. The van der Waals surface area contributed by atoms with Crippen LogP contribution < -0.4 is 11.1 Å². The number of hydrogen-bond donors (Lipinski definition) is 2. The third-order valence-corrected chi connectivity index (χ3v) is 5.79. The van der Waals surface area contributed by atoms with Gasteiger partial charge in [0.1, 0.15) is 10.7 Å². The predicted octanol–water partition coefficient (Wildman–Crippen LogP) is 2.44. The van der Waals surface area contributed by atoms with Gasteiger partial charge in [-0.25, -0.2) is 4.52 Å². The molecule has 4 heterocycles. The summed E-state index contributed by atoms with van der Waals surface area (Å²) in [5, 5.41) is 11.3. The fourth-order valence-electron chi connectivity index (χ4n) is 3.01. The molecule has 29 heavy (non-hydrogen) atoms. The van der Waals surface area contributed by atoms with Crippen LogP contribution in [0.25, 0.3) is 26.5 Å². The van der Waals surface area contributed by atoms with Crippen molar-refractivity contribution in [1.29, 1.82) is 0 Å². The minimum absolute atomic E-state index is 0.159. The molecule has 0 saturated carbocycles. The number of nitrogens with one attached hydrogen (secondary N) is 1. The lowest BCUT2D eigenvalue weighted by molar-refractivity contribution is -0.113. The van der Waals surface area contributed by atoms with Gasteiger partial charge in [0.25, 0.3) is 5.91 Å². The highest BCUT2D eigenvalue weighted by molar-refractivity contribution is 7.21. The summed E-state index contributed by atoms with van der Waals surface area (Å²) in [7, 11) is 1.83. The van der Waals surface area contributed by atoms with Crippen LogP contribution in [0.3, 0.4) is 0 Å². The van der Waals surface area contributed by atoms with E-state index in [1.165, 1.54) is 17.5 Å². The predicted molar refractivity (Wildman–Crippen MR) is 111 cm³/mol. The van der Waals surface area contributed by atoms with E-state index in [1.54, 1.807) is 27.7 Å². The van der Waals surface area contributed by atoms with E-state index in [9.17, 15) is 9.59 Å². The van der Waals surface area contributed by atoms with Crippen LogP contribution in [0.2, 0.25) is 0 Å². The first-order valence-corrected chi connectivity index (χ1v) is 9.86. The lowest BCUT2D eigenvalue weighted by Crippen LogP contribution is -2.13. The Balaban J connectivity index is 1.98. The molecule has 0 aromatic carbocycles. The zero-order valence-electron chi connectivity index (χ0n) is 15.5. The van der Waals surface area contributed by atoms with Gasteiger partial charge in [-0.3, -0.25) is 19.3 Å². The average molecular weight is 430 g/mol. The van der Waals surface area contributed by atoms with Gasteiger partial charge < -0.3 is 11.1 Å². The van der Waals surface area contributed by atoms with E-state index < -0.39 is 5.91 Å². The molecule has 0 aliphatic carbocycles. The molecule has 11 heteroatoms. The number of carbonyl (C=O) groups is 2. The second-order valence-electron chi connectivity index (χ2n) is 6.36. The number of fused-ring (bicyclic) bond motifs is 1. The standard InChI is InChI=1S/C18H16ClN7O2S/c1-9-12(3-11(6-21-9)24-14(27)4-19)15-16(10-5-22-25(2)8-10)29-18-13(17(20)28)7-23-26(15)18/h3,5-8H,4H2,1-2H3,(H2,20,28)(H,24,27). The number of pyridine rings is 1. The molecule has 9 nitrogen and oxygen atoms in total. The van der Waals surface area contributed by atoms with Crippen molar-refractivity contribution in [2.24, 2.45) is 12.8 Å². The van der Waals surface area contributed by atoms with Crippen molar-refractivity contribution in [2.75, 3.05) is 11.2 Å². The Morgan fingerprint density at radius 3 is 2.72 bits per heavy atom. The summed E-state index contributed by atoms with van der Waals surface area (Å²) in [5.41, 5.74) is 9.44. The maximum absolute atomic E-state index is 11.8. The molecule has 0 fully saturated rings. The molecule has 3 N–H and O–H groups in total. The van der Waals surface area contributed by atoms with E-state index in [-0.39, 0.29) is 11.8 Å². The van der Waals surface area contributed by atoms with Crippen LogP contribution in [-0.4, -0.2) is 42.1 Å². The van der Waals surface area contributed by atoms with Gasteiger partial charge in [0, 0.05) is 30.1 Å². The highest BCUT2D eigenvalue weighted by atomic mass is 35.5. The Hall–Kier alpha value is -3.24. The number of carbonyl (C=O) groups excluding carboxylic acids is 2. The summed E-state index contributed by atoms with van der Waals surface area (Å²) < 4.78 is 3.36. The Morgan fingerprint density at radius 2 is 2.07 bits per heavy atom. The summed E-state index contributed by atoms with van der Waals surface area (Å²) >= 11 is 6.98. The van der Waals surface area contributed by atoms with Crippen molar-refractivity contribution in [3.8, 4) is 21.7 Å². The van der Waals surface area contributed by atoms with Crippen molar-refractivity contribution < 1.29 is 9.59 Å². The molecule has 4 aromatic rings. The largest absolute Gasteiger partial charge is 0.365 e. The SMILES string of the molecule is Cc1ncc(NC(=O)CCl)cc1-c1c(-c2cnn(C)c2)sc2c(C(N)=O)cnn12. The third-order valence-electron chi connectivity index (χ3n) is 4.33. The summed E-state index contributed by atoms with van der Waals surface area (Å²) in [6.45, 7) is 1.86. The minimum Gasteiger partial charge on any atom is -0.365 e. The zero-order chi connectivity index (χ0) is 20.7. The molecular formula is C18H16ClN7O2S. The molecule has 0 spiro atoms. The molecule has 0 radical (unpaired) electrons. The van der Waals surface area contributed by atoms with E-state index in [1.807, 2.05) is 20.2 Å². The second kappa shape index (κ2) is 7.30. The van der Waals surface area contributed by atoms with Gasteiger partial charge in [-0.05, 0) is 13.0 Å². The molecule has 148 valence electrons. The lowest BCUT2D eigenvalue weighted by atomic mass is 10.1. The van der Waals surface area contributed by atoms with Crippen molar-refractivity contribution in [2.45, 2.75) is 6.92 Å². The second-order valence-corrected chi connectivity index (χ2v) is 7.63. The number of aromatic nitrogens is 5. The number of primary amides is 1. The topological polar surface area (TPSA) is 120 Å². The number of thiazole rings is 1. The van der Waals surface area contributed by atoms with Crippen LogP contribution in [-0.2, 0) is 11.8 Å². The Morgan fingerprint density at radius 1 is 1.28 bits per heavy atom. The number of halogens is 1. The Labute approximate surface area is 174 Å². The number of anilines is 1. The van der Waals surface area contributed by atoms with Crippen LogP contribution >= 0.6 is 22.9 Å². The van der Waals surface area contributed by atoms with Crippen LogP contribution in [0.1, 0.15) is 16.1 Å². The van der Waals surface area contributed by atoms with Crippen molar-refractivity contribution >= 4 is 45.3 Å². The maximum atomic E-state index is 11.8. The van der Waals surface area contributed by atoms with Gasteiger partial charge >= 0.3 is 0 Å². The number of hydrogen-bond acceptors (Lipinski definition) is 6. The molecule has 0 atom stereocenters. The van der Waals surface area contributed by atoms with E-state index >= 15 is 0 Å². The summed E-state index contributed by atoms with van der Waals surface area (Å²) in [5.74, 6) is -1.04. The molecule has 4 aromatic heterocycles. The highest BCUT2D eigenvalue weighted by Gasteiger charge is 2.23. The highest BCUT2D eigenvalue weighted by Crippen LogP contribution is 2.41. The van der Waals surface area contributed by atoms with E-state index in [2.05, 4.69) is 20.5 Å². The zero-order valence-corrected chi connectivity index (χ0v) is 17.1. The number of amides is 2. The lowest BCUT2D eigenvalue weighted by Gasteiger charge is -2.10. The number of alkyl halides is 1. The summed E-state index contributed by atoms with van der Waals surface area (Å²) in [4.78, 5) is 29.4. The smallest absolute Gasteiger partial charge is 0.253 e. The van der Waals surface area contributed by atoms with Gasteiger partial charge in [-0.2, -0.15) is 10.2 Å². The van der Waals surface area contributed by atoms with Crippen LogP contribution in [0.15, 0.2) is 30.9 Å². The Kier molecular flexibility index (Phi) is 4.81. The molecule has 2 amide bonds. The number of nitrogens with zero attached hydrogens (tertiary/aromatic N) is 5. The quantitative estimate of drug-likeness (QED) is 0.472. The molecule has 0 bridgehead atoms. The van der Waals surface area contributed by atoms with E-state index in [0.717, 1.165) is 27.4 Å². The van der Waals surface area contributed by atoms with Crippen molar-refractivity contribution in [3.63, 3.8) is 0 Å². The summed E-state index contributed by atoms with van der Waals surface area (Å²) in [6, 6.07) is 1.81. The van der Waals surface area contributed by atoms with Gasteiger partial charge in [0.15, 0.2) is 0 Å². The molecule has 0 aliphatic rings. The van der Waals surface area contributed by atoms with Crippen LogP contribution in [0, 0.1) is 6.92 Å². The average Bonchev–Trinajstić information content (AvgIpc) is 3.37. The normalized spacial score (nSPS) is 11.1.